The lowest BCUT2D eigenvalue weighted by Gasteiger charge is -2.32. The first kappa shape index (κ1) is 14.8. The van der Waals surface area contributed by atoms with Crippen LogP contribution in [-0.4, -0.2) is 0 Å². The smallest absolute Gasteiger partial charge is 0.00508 e. The van der Waals surface area contributed by atoms with E-state index >= 15 is 0 Å². The van der Waals surface area contributed by atoms with E-state index in [1.807, 2.05) is 11.3 Å². The first-order valence-electron chi connectivity index (χ1n) is 6.68. The van der Waals surface area contributed by atoms with Gasteiger partial charge in [-0.2, -0.15) is 0 Å². The molecule has 98 valence electrons. The summed E-state index contributed by atoms with van der Waals surface area (Å²) in [5, 5.41) is 2.36. The van der Waals surface area contributed by atoms with Gasteiger partial charge in [-0.3, -0.25) is 0 Å². The summed E-state index contributed by atoms with van der Waals surface area (Å²) < 4.78 is 0. The van der Waals surface area contributed by atoms with E-state index in [4.69, 9.17) is 0 Å². The van der Waals surface area contributed by atoms with E-state index in [9.17, 15) is 0 Å². The van der Waals surface area contributed by atoms with Gasteiger partial charge in [0.15, 0.2) is 0 Å². The molecular formula is C16H28S. The van der Waals surface area contributed by atoms with Crippen molar-refractivity contribution < 1.29 is 0 Å². The zero-order valence-electron chi connectivity index (χ0n) is 12.6. The number of hydrogen-bond acceptors (Lipinski definition) is 1. The second-order valence-electron chi connectivity index (χ2n) is 7.52. The maximum Gasteiger partial charge on any atom is 0.00508 e. The third-order valence-corrected chi connectivity index (χ3v) is 3.98. The third-order valence-electron chi connectivity index (χ3n) is 3.02. The molecule has 1 aromatic heterocycles. The maximum atomic E-state index is 2.43. The lowest BCUT2D eigenvalue weighted by atomic mass is 9.73. The summed E-state index contributed by atoms with van der Waals surface area (Å²) in [4.78, 5) is 1.54. The molecule has 0 aromatic carbocycles. The van der Waals surface area contributed by atoms with E-state index < -0.39 is 0 Å². The van der Waals surface area contributed by atoms with Crippen LogP contribution >= 0.6 is 11.3 Å². The number of thiophene rings is 1. The highest BCUT2D eigenvalue weighted by Crippen LogP contribution is 2.38. The average molecular weight is 252 g/mol. The quantitative estimate of drug-likeness (QED) is 0.648. The van der Waals surface area contributed by atoms with Gasteiger partial charge < -0.3 is 0 Å². The molecule has 0 unspecified atom stereocenters. The van der Waals surface area contributed by atoms with E-state index in [0.29, 0.717) is 10.8 Å². The van der Waals surface area contributed by atoms with Gasteiger partial charge in [0.2, 0.25) is 0 Å². The predicted molar refractivity (Wildman–Crippen MR) is 80.0 cm³/mol. The van der Waals surface area contributed by atoms with Crippen LogP contribution in [0.25, 0.3) is 0 Å². The Morgan fingerprint density at radius 2 is 1.71 bits per heavy atom. The Bertz CT molecular complexity index is 350. The van der Waals surface area contributed by atoms with Gasteiger partial charge in [0.25, 0.3) is 0 Å². The van der Waals surface area contributed by atoms with Gasteiger partial charge in [-0.25, -0.2) is 0 Å². The Kier molecular flexibility index (Phi) is 4.46. The van der Waals surface area contributed by atoms with Gasteiger partial charge in [0, 0.05) is 4.88 Å². The standard InChI is InChI=1S/C16H28S/c1-12(2)8-14-9-13(10-17-14)16(6,7)11-15(3,4)5/h9-10,12H,8,11H2,1-7H3. The Hall–Kier alpha value is -0.300. The minimum absolute atomic E-state index is 0.296. The van der Waals surface area contributed by atoms with Crippen molar-refractivity contribution in [1.82, 2.24) is 0 Å². The second kappa shape index (κ2) is 5.14. The minimum atomic E-state index is 0.296. The molecule has 0 aliphatic rings. The van der Waals surface area contributed by atoms with Crippen molar-refractivity contribution in [3.8, 4) is 0 Å². The Balaban J connectivity index is 2.81. The zero-order chi connectivity index (χ0) is 13.3. The molecule has 0 spiro atoms. The van der Waals surface area contributed by atoms with Gasteiger partial charge in [0.1, 0.15) is 0 Å². The summed E-state index contributed by atoms with van der Waals surface area (Å²) in [6.45, 7) is 16.3. The molecule has 0 saturated heterocycles. The zero-order valence-corrected chi connectivity index (χ0v) is 13.4. The van der Waals surface area contributed by atoms with Crippen LogP contribution in [0.1, 0.15) is 65.3 Å². The molecule has 0 bridgehead atoms. The molecule has 0 aliphatic heterocycles. The molecule has 1 heterocycles. The Morgan fingerprint density at radius 1 is 1.12 bits per heavy atom. The first-order valence-corrected chi connectivity index (χ1v) is 7.56. The second-order valence-corrected chi connectivity index (χ2v) is 8.52. The van der Waals surface area contributed by atoms with Gasteiger partial charge in [-0.05, 0) is 46.6 Å². The molecule has 0 N–H and O–H groups in total. The monoisotopic (exact) mass is 252 g/mol. The molecule has 0 atom stereocenters. The SMILES string of the molecule is CC(C)Cc1cc(C(C)(C)CC(C)(C)C)cs1. The van der Waals surface area contributed by atoms with Crippen LogP contribution in [0.15, 0.2) is 11.4 Å². The van der Waals surface area contributed by atoms with Crippen molar-refractivity contribution in [2.24, 2.45) is 11.3 Å². The third kappa shape index (κ3) is 4.83. The summed E-state index contributed by atoms with van der Waals surface area (Å²) in [7, 11) is 0. The van der Waals surface area contributed by atoms with E-state index in [0.717, 1.165) is 5.92 Å². The highest BCUT2D eigenvalue weighted by molar-refractivity contribution is 7.10. The van der Waals surface area contributed by atoms with Crippen molar-refractivity contribution >= 4 is 11.3 Å². The highest BCUT2D eigenvalue weighted by atomic mass is 32.1. The molecule has 0 aliphatic carbocycles. The Labute approximate surface area is 111 Å². The number of rotatable bonds is 4. The lowest BCUT2D eigenvalue weighted by Crippen LogP contribution is -2.24. The van der Waals surface area contributed by atoms with Gasteiger partial charge in [-0.1, -0.05) is 48.5 Å². The van der Waals surface area contributed by atoms with Crippen LogP contribution in [0.3, 0.4) is 0 Å². The molecule has 0 radical (unpaired) electrons. The largest absolute Gasteiger partial charge is 0.149 e. The van der Waals surface area contributed by atoms with Crippen LogP contribution < -0.4 is 0 Å². The Morgan fingerprint density at radius 3 is 2.18 bits per heavy atom. The fourth-order valence-corrected chi connectivity index (χ4v) is 3.96. The maximum absolute atomic E-state index is 2.43. The molecule has 0 amide bonds. The molecule has 1 heteroatoms. The minimum Gasteiger partial charge on any atom is -0.149 e. The van der Waals surface area contributed by atoms with Crippen LogP contribution in [0.2, 0.25) is 0 Å². The molecule has 0 fully saturated rings. The molecule has 1 aromatic rings. The van der Waals surface area contributed by atoms with E-state index in [1.165, 1.54) is 23.3 Å². The van der Waals surface area contributed by atoms with Crippen LogP contribution in [0, 0.1) is 11.3 Å². The number of hydrogen-bond donors (Lipinski definition) is 0. The van der Waals surface area contributed by atoms with Crippen molar-refractivity contribution in [2.45, 2.75) is 66.7 Å². The predicted octanol–water partition coefficient (Wildman–Crippen LogP) is 5.66. The normalized spacial score (nSPS) is 13.4. The van der Waals surface area contributed by atoms with Crippen molar-refractivity contribution in [1.29, 1.82) is 0 Å². The molecule has 1 rings (SSSR count). The summed E-state index contributed by atoms with van der Waals surface area (Å²) >= 11 is 1.93. The van der Waals surface area contributed by atoms with E-state index in [-0.39, 0.29) is 0 Å². The molecule has 0 nitrogen and oxygen atoms in total. The summed E-state index contributed by atoms with van der Waals surface area (Å²) in [5.74, 6) is 0.757. The fourth-order valence-electron chi connectivity index (χ4n) is 2.67. The van der Waals surface area contributed by atoms with E-state index in [2.05, 4.69) is 59.9 Å². The highest BCUT2D eigenvalue weighted by Gasteiger charge is 2.28. The lowest BCUT2D eigenvalue weighted by molar-refractivity contribution is 0.284. The molecule has 17 heavy (non-hydrogen) atoms. The van der Waals surface area contributed by atoms with Crippen molar-refractivity contribution in [2.75, 3.05) is 0 Å². The summed E-state index contributed by atoms with van der Waals surface area (Å²) in [6, 6.07) is 2.43. The van der Waals surface area contributed by atoms with E-state index in [1.54, 1.807) is 0 Å². The fraction of sp³-hybridized carbons (Fsp3) is 0.750. The van der Waals surface area contributed by atoms with Gasteiger partial charge in [-0.15, -0.1) is 11.3 Å². The van der Waals surface area contributed by atoms with Crippen LogP contribution in [0.5, 0.6) is 0 Å². The first-order chi connectivity index (χ1) is 7.60. The van der Waals surface area contributed by atoms with Gasteiger partial charge in [0.05, 0.1) is 0 Å². The summed E-state index contributed by atoms with van der Waals surface area (Å²) in [5.41, 5.74) is 2.21. The van der Waals surface area contributed by atoms with Gasteiger partial charge >= 0.3 is 0 Å². The molecular weight excluding hydrogens is 224 g/mol. The van der Waals surface area contributed by atoms with Crippen molar-refractivity contribution in [3.63, 3.8) is 0 Å². The van der Waals surface area contributed by atoms with Crippen LogP contribution in [-0.2, 0) is 11.8 Å². The van der Waals surface area contributed by atoms with Crippen molar-refractivity contribution in [3.05, 3.63) is 21.9 Å². The average Bonchev–Trinajstić information content (AvgIpc) is 2.46. The summed E-state index contributed by atoms with van der Waals surface area (Å²) in [6.07, 6.45) is 2.45. The topological polar surface area (TPSA) is 0 Å². The van der Waals surface area contributed by atoms with Crippen LogP contribution in [0.4, 0.5) is 0 Å². The molecule has 0 saturated carbocycles.